The minimum absolute atomic E-state index is 0.381. The monoisotopic (exact) mass is 297 g/mol. The van der Waals surface area contributed by atoms with Crippen molar-refractivity contribution in [1.82, 2.24) is 4.90 Å². The molecule has 0 amide bonds. The quantitative estimate of drug-likeness (QED) is 0.773. The highest BCUT2D eigenvalue weighted by Gasteiger charge is 2.31. The van der Waals surface area contributed by atoms with Crippen molar-refractivity contribution < 1.29 is 9.47 Å². The molecule has 1 fully saturated rings. The van der Waals surface area contributed by atoms with Gasteiger partial charge in [0.2, 0.25) is 0 Å². The van der Waals surface area contributed by atoms with Crippen LogP contribution in [0.3, 0.4) is 0 Å². The Bertz CT molecular complexity index is 426. The lowest BCUT2D eigenvalue weighted by molar-refractivity contribution is 0.109. The zero-order valence-electron chi connectivity index (χ0n) is 12.6. The van der Waals surface area contributed by atoms with E-state index in [0.717, 1.165) is 24.6 Å². The van der Waals surface area contributed by atoms with Gasteiger partial charge < -0.3 is 9.47 Å². The molecule has 0 aliphatic carbocycles. The number of rotatable bonds is 5. The lowest BCUT2D eigenvalue weighted by Crippen LogP contribution is -2.39. The van der Waals surface area contributed by atoms with Gasteiger partial charge in [-0.25, -0.2) is 0 Å². The highest BCUT2D eigenvalue weighted by molar-refractivity contribution is 6.18. The van der Waals surface area contributed by atoms with Crippen molar-refractivity contribution >= 4 is 11.6 Å². The van der Waals surface area contributed by atoms with Crippen molar-refractivity contribution in [1.29, 1.82) is 0 Å². The first-order valence-electron chi connectivity index (χ1n) is 7.27. The number of hydrogen-bond acceptors (Lipinski definition) is 3. The molecule has 20 heavy (non-hydrogen) atoms. The SMILES string of the molecule is CCN1CCCC(CCl)C1c1ccc(OC)c(OC)c1. The Morgan fingerprint density at radius 3 is 2.60 bits per heavy atom. The molecule has 1 aromatic rings. The number of halogens is 1. The Labute approximate surface area is 126 Å². The molecule has 2 atom stereocenters. The van der Waals surface area contributed by atoms with Crippen LogP contribution in [0.25, 0.3) is 0 Å². The van der Waals surface area contributed by atoms with Crippen LogP contribution in [0.1, 0.15) is 31.4 Å². The van der Waals surface area contributed by atoms with E-state index in [-0.39, 0.29) is 0 Å². The largest absolute Gasteiger partial charge is 0.493 e. The fourth-order valence-corrected chi connectivity index (χ4v) is 3.51. The molecule has 1 aliphatic heterocycles. The third-order valence-corrected chi connectivity index (χ3v) is 4.61. The summed E-state index contributed by atoms with van der Waals surface area (Å²) in [4.78, 5) is 2.51. The van der Waals surface area contributed by atoms with Crippen molar-refractivity contribution in [2.24, 2.45) is 5.92 Å². The van der Waals surface area contributed by atoms with Crippen LogP contribution < -0.4 is 9.47 Å². The molecule has 0 N–H and O–H groups in total. The van der Waals surface area contributed by atoms with E-state index in [1.165, 1.54) is 18.4 Å². The minimum atomic E-state index is 0.381. The Hall–Kier alpha value is -0.930. The van der Waals surface area contributed by atoms with Crippen LogP contribution >= 0.6 is 11.6 Å². The molecule has 1 aliphatic rings. The maximum atomic E-state index is 6.20. The smallest absolute Gasteiger partial charge is 0.161 e. The van der Waals surface area contributed by atoms with Crippen LogP contribution in [-0.2, 0) is 0 Å². The summed E-state index contributed by atoms with van der Waals surface area (Å²) >= 11 is 6.20. The standard InChI is InChI=1S/C16H24ClNO2/c1-4-18-9-5-6-13(11-17)16(18)12-7-8-14(19-2)15(10-12)20-3/h7-8,10,13,16H,4-6,9,11H2,1-3H3. The summed E-state index contributed by atoms with van der Waals surface area (Å²) < 4.78 is 10.7. The predicted molar refractivity (Wildman–Crippen MR) is 83.0 cm³/mol. The van der Waals surface area contributed by atoms with Gasteiger partial charge in [0.1, 0.15) is 0 Å². The van der Waals surface area contributed by atoms with Crippen molar-refractivity contribution in [3.63, 3.8) is 0 Å². The molecule has 112 valence electrons. The van der Waals surface area contributed by atoms with Gasteiger partial charge >= 0.3 is 0 Å². The van der Waals surface area contributed by atoms with Gasteiger partial charge in [-0.1, -0.05) is 13.0 Å². The van der Waals surface area contributed by atoms with Crippen LogP contribution in [0.15, 0.2) is 18.2 Å². The van der Waals surface area contributed by atoms with Gasteiger partial charge in [0, 0.05) is 11.9 Å². The summed E-state index contributed by atoms with van der Waals surface area (Å²) in [6, 6.07) is 6.60. The lowest BCUT2D eigenvalue weighted by Gasteiger charge is -2.40. The second kappa shape index (κ2) is 7.19. The van der Waals surface area contributed by atoms with Gasteiger partial charge in [-0.15, -0.1) is 11.6 Å². The van der Waals surface area contributed by atoms with Crippen molar-refractivity contribution in [3.05, 3.63) is 23.8 Å². The lowest BCUT2D eigenvalue weighted by atomic mass is 9.85. The summed E-state index contributed by atoms with van der Waals surface area (Å²) in [5, 5.41) is 0. The zero-order chi connectivity index (χ0) is 14.5. The molecule has 1 heterocycles. The first kappa shape index (κ1) is 15.5. The topological polar surface area (TPSA) is 21.7 Å². The first-order chi connectivity index (χ1) is 9.74. The van der Waals surface area contributed by atoms with Crippen LogP contribution in [0.2, 0.25) is 0 Å². The van der Waals surface area contributed by atoms with Gasteiger partial charge in [0.05, 0.1) is 14.2 Å². The Balaban J connectivity index is 2.35. The highest BCUT2D eigenvalue weighted by Crippen LogP contribution is 2.39. The highest BCUT2D eigenvalue weighted by atomic mass is 35.5. The fourth-order valence-electron chi connectivity index (χ4n) is 3.19. The molecule has 1 aromatic carbocycles. The maximum Gasteiger partial charge on any atom is 0.161 e. The third-order valence-electron chi connectivity index (χ3n) is 4.21. The second-order valence-electron chi connectivity index (χ2n) is 5.24. The van der Waals surface area contributed by atoms with Crippen LogP contribution in [0.5, 0.6) is 11.5 Å². The average molecular weight is 298 g/mol. The summed E-state index contributed by atoms with van der Waals surface area (Å²) in [5.41, 5.74) is 1.27. The van der Waals surface area contributed by atoms with Gasteiger partial charge in [0.15, 0.2) is 11.5 Å². The maximum absolute atomic E-state index is 6.20. The predicted octanol–water partition coefficient (Wildman–Crippen LogP) is 3.72. The molecule has 2 rings (SSSR count). The van der Waals surface area contributed by atoms with Gasteiger partial charge in [-0.3, -0.25) is 4.90 Å². The van der Waals surface area contributed by atoms with E-state index in [2.05, 4.69) is 24.0 Å². The van der Waals surface area contributed by atoms with Crippen LogP contribution in [0.4, 0.5) is 0 Å². The molecule has 0 spiro atoms. The van der Waals surface area contributed by atoms with Gasteiger partial charge in [-0.05, 0) is 49.5 Å². The molecular weight excluding hydrogens is 274 g/mol. The summed E-state index contributed by atoms with van der Waals surface area (Å²) in [6.45, 7) is 4.40. The number of nitrogens with zero attached hydrogens (tertiary/aromatic N) is 1. The molecule has 0 saturated carbocycles. The van der Waals surface area contributed by atoms with E-state index in [0.29, 0.717) is 17.8 Å². The first-order valence-corrected chi connectivity index (χ1v) is 7.80. The summed E-state index contributed by atoms with van der Waals surface area (Å²) in [5.74, 6) is 2.77. The van der Waals surface area contributed by atoms with Crippen molar-refractivity contribution in [3.8, 4) is 11.5 Å². The molecule has 0 radical (unpaired) electrons. The molecule has 0 aromatic heterocycles. The summed E-state index contributed by atoms with van der Waals surface area (Å²) in [6.07, 6.45) is 2.42. The molecular formula is C16H24ClNO2. The van der Waals surface area contributed by atoms with Gasteiger partial charge in [0.25, 0.3) is 0 Å². The van der Waals surface area contributed by atoms with Gasteiger partial charge in [-0.2, -0.15) is 0 Å². The number of benzene rings is 1. The number of likely N-dealkylation sites (tertiary alicyclic amines) is 1. The number of piperidine rings is 1. The number of alkyl halides is 1. The van der Waals surface area contributed by atoms with E-state index in [4.69, 9.17) is 21.1 Å². The fraction of sp³-hybridized carbons (Fsp3) is 0.625. The third kappa shape index (κ3) is 3.04. The van der Waals surface area contributed by atoms with E-state index in [1.54, 1.807) is 14.2 Å². The zero-order valence-corrected chi connectivity index (χ0v) is 13.3. The Morgan fingerprint density at radius 2 is 2.00 bits per heavy atom. The normalized spacial score (nSPS) is 23.6. The molecule has 4 heteroatoms. The molecule has 2 unspecified atom stereocenters. The van der Waals surface area contributed by atoms with E-state index in [9.17, 15) is 0 Å². The molecule has 1 saturated heterocycles. The number of methoxy groups -OCH3 is 2. The number of ether oxygens (including phenoxy) is 2. The van der Waals surface area contributed by atoms with E-state index >= 15 is 0 Å². The van der Waals surface area contributed by atoms with Crippen molar-refractivity contribution in [2.45, 2.75) is 25.8 Å². The van der Waals surface area contributed by atoms with Crippen LogP contribution in [0, 0.1) is 5.92 Å². The molecule has 3 nitrogen and oxygen atoms in total. The minimum Gasteiger partial charge on any atom is -0.493 e. The van der Waals surface area contributed by atoms with E-state index < -0.39 is 0 Å². The Morgan fingerprint density at radius 1 is 1.25 bits per heavy atom. The average Bonchev–Trinajstić information content (AvgIpc) is 2.53. The summed E-state index contributed by atoms with van der Waals surface area (Å²) in [7, 11) is 3.34. The molecule has 0 bridgehead atoms. The van der Waals surface area contributed by atoms with Crippen LogP contribution in [-0.4, -0.2) is 38.1 Å². The van der Waals surface area contributed by atoms with Crippen molar-refractivity contribution in [2.75, 3.05) is 33.2 Å². The second-order valence-corrected chi connectivity index (χ2v) is 5.55. The Kier molecular flexibility index (Phi) is 5.55. The number of hydrogen-bond donors (Lipinski definition) is 0. The van der Waals surface area contributed by atoms with E-state index in [1.807, 2.05) is 6.07 Å².